The van der Waals surface area contributed by atoms with Crippen LogP contribution in [0, 0.1) is 0 Å². The van der Waals surface area contributed by atoms with Crippen LogP contribution in [0.4, 0.5) is 0 Å². The first-order valence-electron chi connectivity index (χ1n) is 16.3. The first-order valence-corrected chi connectivity index (χ1v) is 16.3. The van der Waals surface area contributed by atoms with Gasteiger partial charge < -0.3 is 52.1 Å². The van der Waals surface area contributed by atoms with Crippen LogP contribution in [0.1, 0.15) is 61.0 Å². The van der Waals surface area contributed by atoms with Gasteiger partial charge in [-0.25, -0.2) is 0 Å². The Morgan fingerprint density at radius 3 is 1.33 bits per heavy atom. The van der Waals surface area contributed by atoms with E-state index in [9.17, 15) is 33.6 Å². The van der Waals surface area contributed by atoms with Gasteiger partial charge in [-0.2, -0.15) is 0 Å². The lowest BCUT2D eigenvalue weighted by molar-refractivity contribution is -0.354. The van der Waals surface area contributed by atoms with Crippen LogP contribution >= 0.6 is 0 Å². The van der Waals surface area contributed by atoms with Crippen molar-refractivity contribution in [3.05, 3.63) is 29.8 Å². The molecule has 0 aliphatic carbocycles. The van der Waals surface area contributed by atoms with E-state index in [1.54, 1.807) is 24.3 Å². The van der Waals surface area contributed by atoms with E-state index >= 15 is 0 Å². The summed E-state index contributed by atoms with van der Waals surface area (Å²) in [4.78, 5) is 85.7. The maximum Gasteiger partial charge on any atom is 0.303 e. The zero-order chi connectivity index (χ0) is 38.7. The summed E-state index contributed by atoms with van der Waals surface area (Å²) in [5.41, 5.74) is 0.997. The highest BCUT2D eigenvalue weighted by Gasteiger charge is 2.58. The minimum absolute atomic E-state index is 0.283. The number of hydrogen-bond donors (Lipinski definition) is 0. The summed E-state index contributed by atoms with van der Waals surface area (Å²) in [5.74, 6) is -5.53. The molecule has 288 valence electrons. The van der Waals surface area contributed by atoms with Crippen LogP contribution in [0.3, 0.4) is 0 Å². The lowest BCUT2D eigenvalue weighted by Crippen LogP contribution is -2.67. The van der Waals surface area contributed by atoms with Gasteiger partial charge in [0.05, 0.1) is 0 Å². The molecule has 18 heteroatoms. The van der Waals surface area contributed by atoms with E-state index in [1.165, 1.54) is 0 Å². The number of ether oxygens (including phenoxy) is 11. The molecule has 10 atom stereocenters. The van der Waals surface area contributed by atoms with E-state index in [4.69, 9.17) is 52.1 Å². The third-order valence-electron chi connectivity index (χ3n) is 7.47. The Labute approximate surface area is 299 Å². The van der Waals surface area contributed by atoms with Crippen LogP contribution < -0.4 is 4.74 Å². The van der Waals surface area contributed by atoms with Crippen LogP contribution in [0.5, 0.6) is 5.75 Å². The van der Waals surface area contributed by atoms with Gasteiger partial charge in [0.25, 0.3) is 0 Å². The van der Waals surface area contributed by atoms with E-state index < -0.39 is 116 Å². The lowest BCUT2D eigenvalue weighted by Gasteiger charge is -2.48. The molecule has 0 bridgehead atoms. The van der Waals surface area contributed by atoms with Gasteiger partial charge in [0.2, 0.25) is 12.4 Å². The van der Waals surface area contributed by atoms with Crippen LogP contribution in [0.2, 0.25) is 0 Å². The molecule has 0 saturated carbocycles. The second kappa shape index (κ2) is 19.1. The number of rotatable bonds is 14. The lowest BCUT2D eigenvalue weighted by atomic mass is 9.96. The molecule has 2 heterocycles. The molecule has 1 aromatic carbocycles. The Bertz CT molecular complexity index is 1440. The highest BCUT2D eigenvalue weighted by atomic mass is 16.8. The topological polar surface area (TPSA) is 221 Å². The molecule has 0 spiro atoms. The Balaban J connectivity index is 2.16. The fourth-order valence-electron chi connectivity index (χ4n) is 5.51. The van der Waals surface area contributed by atoms with Gasteiger partial charge in [-0.15, -0.1) is 0 Å². The molecule has 0 amide bonds. The van der Waals surface area contributed by atoms with Crippen LogP contribution in [0.25, 0.3) is 0 Å². The number of hydrogen-bond acceptors (Lipinski definition) is 18. The standard InChI is InChI=1S/C34H44O18/c1-9-23-10-12-24(13-11-23)49-33-31(47-21(7)40)30(46-20(6)39)28(26(50-33)15-43-17(3)36)52-34-32(48-22(8)41)29(45-19(5)38)27(44-18(4)37)25(51-34)14-42-16(2)35/h10-13,25-34H,9,14-15H2,1-8H3/t25-,26-,27+,28+,29+,30+,31-,32+,33+,34+/m0/s1. The van der Waals surface area contributed by atoms with E-state index in [2.05, 4.69) is 0 Å². The maximum atomic E-state index is 12.6. The zero-order valence-corrected chi connectivity index (χ0v) is 30.1. The smallest absolute Gasteiger partial charge is 0.303 e. The van der Waals surface area contributed by atoms with Crippen molar-refractivity contribution < 1.29 is 85.7 Å². The maximum absolute atomic E-state index is 12.6. The molecule has 18 nitrogen and oxygen atoms in total. The van der Waals surface area contributed by atoms with Crippen molar-refractivity contribution in [3.63, 3.8) is 0 Å². The fraction of sp³-hybridized carbons (Fsp3) is 0.618. The summed E-state index contributed by atoms with van der Waals surface area (Å²) >= 11 is 0. The molecule has 52 heavy (non-hydrogen) atoms. The van der Waals surface area contributed by atoms with Gasteiger partial charge in [0.1, 0.15) is 37.3 Å². The second-order valence-corrected chi connectivity index (χ2v) is 11.8. The van der Waals surface area contributed by atoms with Gasteiger partial charge in [-0.1, -0.05) is 19.1 Å². The third kappa shape index (κ3) is 12.2. The molecule has 3 rings (SSSR count). The average molecular weight is 741 g/mol. The van der Waals surface area contributed by atoms with Gasteiger partial charge in [-0.05, 0) is 24.1 Å². The number of benzene rings is 1. The first-order chi connectivity index (χ1) is 24.5. The predicted molar refractivity (Wildman–Crippen MR) is 170 cm³/mol. The molecule has 0 N–H and O–H groups in total. The zero-order valence-electron chi connectivity index (χ0n) is 30.1. The summed E-state index contributed by atoms with van der Waals surface area (Å²) in [6.45, 7) is 8.42. The van der Waals surface area contributed by atoms with Crippen LogP contribution in [-0.4, -0.2) is 116 Å². The van der Waals surface area contributed by atoms with Crippen LogP contribution in [-0.2, 0) is 87.4 Å². The average Bonchev–Trinajstić information content (AvgIpc) is 3.03. The van der Waals surface area contributed by atoms with Gasteiger partial charge in [0.15, 0.2) is 30.7 Å². The third-order valence-corrected chi connectivity index (χ3v) is 7.47. The minimum atomic E-state index is -1.79. The molecule has 0 unspecified atom stereocenters. The Morgan fingerprint density at radius 1 is 0.500 bits per heavy atom. The number of esters is 7. The fourth-order valence-corrected chi connectivity index (χ4v) is 5.51. The van der Waals surface area contributed by atoms with Crippen molar-refractivity contribution >= 4 is 41.8 Å². The molecule has 2 fully saturated rings. The van der Waals surface area contributed by atoms with E-state index in [0.717, 1.165) is 60.5 Å². The van der Waals surface area contributed by atoms with Gasteiger partial charge in [-0.3, -0.25) is 33.6 Å². The Kier molecular flexibility index (Phi) is 15.3. The van der Waals surface area contributed by atoms with Crippen molar-refractivity contribution in [2.75, 3.05) is 13.2 Å². The van der Waals surface area contributed by atoms with E-state index in [-0.39, 0.29) is 5.75 Å². The summed E-state index contributed by atoms with van der Waals surface area (Å²) < 4.78 is 62.6. The van der Waals surface area contributed by atoms with Crippen molar-refractivity contribution in [1.82, 2.24) is 0 Å². The van der Waals surface area contributed by atoms with Gasteiger partial charge in [0, 0.05) is 48.5 Å². The SMILES string of the molecule is CCc1ccc(O[C@@H]2O[C@@H](COC(C)=O)[C@@H](O[C@H]3O[C@@H](COC(C)=O)[C@@H](OC(C)=O)[C@@H](OC(C)=O)[C@H]3OC(C)=O)[C@@H](OC(C)=O)[C@@H]2OC(C)=O)cc1. The van der Waals surface area contributed by atoms with Gasteiger partial charge >= 0.3 is 41.8 Å². The Hall–Kier alpha value is -4.81. The monoisotopic (exact) mass is 740 g/mol. The molecule has 1 aromatic rings. The largest absolute Gasteiger partial charge is 0.463 e. The molecule has 0 radical (unpaired) electrons. The highest BCUT2D eigenvalue weighted by Crippen LogP contribution is 2.36. The van der Waals surface area contributed by atoms with Crippen molar-refractivity contribution in [2.24, 2.45) is 0 Å². The second-order valence-electron chi connectivity index (χ2n) is 11.8. The number of carbonyl (C=O) groups is 7. The first kappa shape index (κ1) is 41.6. The molecule has 2 aliphatic heterocycles. The van der Waals surface area contributed by atoms with Crippen molar-refractivity contribution in [1.29, 1.82) is 0 Å². The summed E-state index contributed by atoms with van der Waals surface area (Å²) in [7, 11) is 0. The highest BCUT2D eigenvalue weighted by molar-refractivity contribution is 5.69. The Morgan fingerprint density at radius 2 is 0.885 bits per heavy atom. The van der Waals surface area contributed by atoms with E-state index in [0.29, 0.717) is 0 Å². The molecule has 0 aromatic heterocycles. The molecular weight excluding hydrogens is 696 g/mol. The normalized spacial score (nSPS) is 28.3. The molecule has 2 saturated heterocycles. The van der Waals surface area contributed by atoms with Crippen molar-refractivity contribution in [2.45, 2.75) is 123 Å². The van der Waals surface area contributed by atoms with E-state index in [1.807, 2.05) is 6.92 Å². The summed E-state index contributed by atoms with van der Waals surface area (Å²) in [6, 6.07) is 6.90. The summed E-state index contributed by atoms with van der Waals surface area (Å²) in [5, 5.41) is 0. The summed E-state index contributed by atoms with van der Waals surface area (Å²) in [6.07, 6.45) is -14.8. The number of aryl methyl sites for hydroxylation is 1. The minimum Gasteiger partial charge on any atom is -0.463 e. The van der Waals surface area contributed by atoms with Crippen LogP contribution in [0.15, 0.2) is 24.3 Å². The molecule has 2 aliphatic rings. The van der Waals surface area contributed by atoms with Crippen molar-refractivity contribution in [3.8, 4) is 5.75 Å². The quantitative estimate of drug-likeness (QED) is 0.193. The number of carbonyl (C=O) groups excluding carboxylic acids is 7. The molecular formula is C34H44O18. The predicted octanol–water partition coefficient (Wildman–Crippen LogP) is 1.25.